The molecule has 4 saturated carbocycles. The number of nitrogens with two attached hydrogens (primary N) is 2. The van der Waals surface area contributed by atoms with E-state index < -0.39 is 5.72 Å². The summed E-state index contributed by atoms with van der Waals surface area (Å²) >= 11 is 0. The van der Waals surface area contributed by atoms with E-state index in [1.165, 1.54) is 19.3 Å². The molecule has 4 nitrogen and oxygen atoms in total. The van der Waals surface area contributed by atoms with Crippen LogP contribution in [-0.4, -0.2) is 15.9 Å². The predicted octanol–water partition coefficient (Wildman–Crippen LogP) is 2.69. The second kappa shape index (κ2) is 3.90. The first-order chi connectivity index (χ1) is 10.0. The van der Waals surface area contributed by atoms with Gasteiger partial charge >= 0.3 is 0 Å². The van der Waals surface area contributed by atoms with E-state index in [4.69, 9.17) is 11.5 Å². The van der Waals surface area contributed by atoms with Crippen molar-refractivity contribution in [2.45, 2.75) is 64.5 Å². The zero-order valence-corrected chi connectivity index (χ0v) is 13.7. The zero-order valence-electron chi connectivity index (χ0n) is 13.7. The zero-order chi connectivity index (χ0) is 16.0. The largest absolute Gasteiger partial charge is 0.510 e. The highest BCUT2D eigenvalue weighted by molar-refractivity contribution is 5.44. The molecule has 3 atom stereocenters. The molecule has 0 radical (unpaired) electrons. The van der Waals surface area contributed by atoms with Gasteiger partial charge in [0.2, 0.25) is 0 Å². The number of aliphatic hydroxyl groups excluding tert-OH is 1. The molecule has 0 spiro atoms. The van der Waals surface area contributed by atoms with Gasteiger partial charge < -0.3 is 15.9 Å². The van der Waals surface area contributed by atoms with E-state index in [1.807, 2.05) is 0 Å². The van der Waals surface area contributed by atoms with Gasteiger partial charge in [-0.1, -0.05) is 13.8 Å². The highest BCUT2D eigenvalue weighted by atomic mass is 16.3. The van der Waals surface area contributed by atoms with Crippen LogP contribution < -0.4 is 11.5 Å². The summed E-state index contributed by atoms with van der Waals surface area (Å²) in [7, 11) is 0. The van der Waals surface area contributed by atoms with Crippen molar-refractivity contribution >= 4 is 0 Å². The predicted molar refractivity (Wildman–Crippen MR) is 85.5 cm³/mol. The van der Waals surface area contributed by atoms with Gasteiger partial charge in [0, 0.05) is 0 Å². The minimum Gasteiger partial charge on any atom is -0.510 e. The van der Waals surface area contributed by atoms with Crippen LogP contribution in [0.2, 0.25) is 0 Å². The molecule has 22 heavy (non-hydrogen) atoms. The Balaban J connectivity index is 1.83. The van der Waals surface area contributed by atoms with Crippen molar-refractivity contribution in [2.24, 2.45) is 33.6 Å². The van der Waals surface area contributed by atoms with E-state index in [2.05, 4.69) is 13.8 Å². The molecule has 5 aliphatic carbocycles. The first-order valence-electron chi connectivity index (χ1n) is 8.47. The van der Waals surface area contributed by atoms with Crippen LogP contribution in [0.3, 0.4) is 0 Å². The van der Waals surface area contributed by atoms with Crippen molar-refractivity contribution in [3.8, 4) is 0 Å². The minimum absolute atomic E-state index is 0.0103. The number of rotatable bonds is 1. The van der Waals surface area contributed by atoms with Crippen LogP contribution in [0.15, 0.2) is 23.1 Å². The van der Waals surface area contributed by atoms with Crippen LogP contribution >= 0.6 is 0 Å². The van der Waals surface area contributed by atoms with Gasteiger partial charge in [0.1, 0.15) is 11.5 Å². The first-order valence-corrected chi connectivity index (χ1v) is 8.47. The Morgan fingerprint density at radius 3 is 2.23 bits per heavy atom. The van der Waals surface area contributed by atoms with Gasteiger partial charge in [0.25, 0.3) is 0 Å². The smallest absolute Gasteiger partial charge is 0.140 e. The van der Waals surface area contributed by atoms with Gasteiger partial charge in [-0.15, -0.1) is 0 Å². The molecule has 4 bridgehead atoms. The van der Waals surface area contributed by atoms with Gasteiger partial charge in [0.15, 0.2) is 0 Å². The first kappa shape index (κ1) is 14.6. The molecule has 0 saturated heterocycles. The third-order valence-corrected chi connectivity index (χ3v) is 6.64. The summed E-state index contributed by atoms with van der Waals surface area (Å²) in [5.41, 5.74) is 12.8. The van der Waals surface area contributed by atoms with Gasteiger partial charge in [-0.3, -0.25) is 5.73 Å². The Hall–Kier alpha value is -1.00. The molecule has 0 aliphatic heterocycles. The Kier molecular flexibility index (Phi) is 2.59. The van der Waals surface area contributed by atoms with Crippen molar-refractivity contribution in [1.29, 1.82) is 0 Å². The Bertz CT molecular complexity index is 586. The van der Waals surface area contributed by atoms with Crippen LogP contribution in [0.5, 0.6) is 0 Å². The molecule has 6 N–H and O–H groups in total. The molecule has 0 aromatic carbocycles. The average Bonchev–Trinajstić information content (AvgIpc) is 2.28. The third kappa shape index (κ3) is 1.96. The molecule has 5 rings (SSSR count). The van der Waals surface area contributed by atoms with E-state index in [1.54, 1.807) is 6.08 Å². The molecule has 0 amide bonds. The Morgan fingerprint density at radius 1 is 1.09 bits per heavy atom. The summed E-state index contributed by atoms with van der Waals surface area (Å²) in [6.45, 7) is 4.81. The van der Waals surface area contributed by atoms with Gasteiger partial charge in [-0.25, -0.2) is 0 Å². The second-order valence-corrected chi connectivity index (χ2v) is 9.50. The van der Waals surface area contributed by atoms with E-state index in [0.717, 1.165) is 30.8 Å². The standard InChI is InChI=1S/C18H28N2O2/c1-15-3-11-4-16(2,8-15)10-17(5-11,9-15)12-6-18(20,22)7-13(21)14(12)19/h6,11,21-22H,3-5,7-10,19-20H2,1-2H3. The summed E-state index contributed by atoms with van der Waals surface area (Å²) in [5.74, 6) is 0.781. The summed E-state index contributed by atoms with van der Waals surface area (Å²) in [6.07, 6.45) is 8.96. The summed E-state index contributed by atoms with van der Waals surface area (Å²) in [5, 5.41) is 20.5. The molecule has 5 aliphatic rings. The quantitative estimate of drug-likeness (QED) is 0.560. The summed E-state index contributed by atoms with van der Waals surface area (Å²) < 4.78 is 0. The van der Waals surface area contributed by atoms with Crippen molar-refractivity contribution in [3.63, 3.8) is 0 Å². The van der Waals surface area contributed by atoms with Crippen LogP contribution in [0.25, 0.3) is 0 Å². The molecule has 0 aromatic rings. The Morgan fingerprint density at radius 2 is 1.68 bits per heavy atom. The molecule has 3 unspecified atom stereocenters. The van der Waals surface area contributed by atoms with Crippen molar-refractivity contribution in [1.82, 2.24) is 0 Å². The number of hydrogen-bond acceptors (Lipinski definition) is 4. The topological polar surface area (TPSA) is 92.5 Å². The third-order valence-electron chi connectivity index (χ3n) is 6.64. The molecular formula is C18H28N2O2. The fourth-order valence-electron chi connectivity index (χ4n) is 7.08. The lowest BCUT2D eigenvalue weighted by Crippen LogP contribution is -2.57. The maximum absolute atomic E-state index is 10.3. The maximum Gasteiger partial charge on any atom is 0.140 e. The van der Waals surface area contributed by atoms with Crippen molar-refractivity contribution < 1.29 is 10.2 Å². The van der Waals surface area contributed by atoms with Crippen LogP contribution in [-0.2, 0) is 0 Å². The lowest BCUT2D eigenvalue weighted by molar-refractivity contribution is -0.129. The highest BCUT2D eigenvalue weighted by Gasteiger charge is 2.61. The average molecular weight is 304 g/mol. The van der Waals surface area contributed by atoms with Crippen LogP contribution in [0.1, 0.15) is 58.8 Å². The maximum atomic E-state index is 10.3. The monoisotopic (exact) mass is 304 g/mol. The molecule has 0 aromatic heterocycles. The normalized spacial score (nSPS) is 53.8. The van der Waals surface area contributed by atoms with Crippen molar-refractivity contribution in [2.75, 3.05) is 0 Å². The molecule has 0 heterocycles. The summed E-state index contributed by atoms with van der Waals surface area (Å²) in [4.78, 5) is 0. The van der Waals surface area contributed by atoms with E-state index in [-0.39, 0.29) is 17.6 Å². The van der Waals surface area contributed by atoms with E-state index >= 15 is 0 Å². The minimum atomic E-state index is -1.48. The molecule has 122 valence electrons. The lowest BCUT2D eigenvalue weighted by Gasteiger charge is -2.66. The van der Waals surface area contributed by atoms with Crippen LogP contribution in [0, 0.1) is 22.2 Å². The number of allylic oxidation sites excluding steroid dienone is 1. The van der Waals surface area contributed by atoms with Crippen molar-refractivity contribution in [3.05, 3.63) is 23.1 Å². The van der Waals surface area contributed by atoms with Gasteiger partial charge in [-0.05, 0) is 72.3 Å². The Labute approximate surface area is 132 Å². The second-order valence-electron chi connectivity index (χ2n) is 9.50. The molecular weight excluding hydrogens is 276 g/mol. The van der Waals surface area contributed by atoms with Gasteiger partial charge in [0.05, 0.1) is 12.1 Å². The van der Waals surface area contributed by atoms with Crippen LogP contribution in [0.4, 0.5) is 0 Å². The number of aliphatic hydroxyl groups is 2. The fourth-order valence-corrected chi connectivity index (χ4v) is 7.08. The fraction of sp³-hybridized carbons (Fsp3) is 0.778. The number of hydrogen-bond donors (Lipinski definition) is 4. The highest BCUT2D eigenvalue weighted by Crippen LogP contribution is 2.72. The van der Waals surface area contributed by atoms with E-state index in [9.17, 15) is 10.2 Å². The SMILES string of the molecule is CC12CC3CC(C)(C1)CC(C1=CC(N)(O)CC(O)=C1N)(C3)C2. The molecule has 4 fully saturated rings. The summed E-state index contributed by atoms with van der Waals surface area (Å²) in [6, 6.07) is 0. The van der Waals surface area contributed by atoms with E-state index in [0.29, 0.717) is 16.5 Å². The van der Waals surface area contributed by atoms with Gasteiger partial charge in [-0.2, -0.15) is 0 Å². The molecule has 4 heteroatoms. The lowest BCUT2D eigenvalue weighted by atomic mass is 9.39.